The fraction of sp³-hybridized carbons (Fsp3) is 0.174. The van der Waals surface area contributed by atoms with Crippen molar-refractivity contribution in [3.63, 3.8) is 0 Å². The third-order valence-corrected chi connectivity index (χ3v) is 5.05. The van der Waals surface area contributed by atoms with Gasteiger partial charge in [0.05, 0.1) is 28.9 Å². The minimum Gasteiger partial charge on any atom is -0.494 e. The van der Waals surface area contributed by atoms with E-state index in [4.69, 9.17) is 27.9 Å². The summed E-state index contributed by atoms with van der Waals surface area (Å²) in [6.45, 7) is 0.729. The maximum absolute atomic E-state index is 12.2. The molecule has 0 aliphatic heterocycles. The highest BCUT2D eigenvalue weighted by Crippen LogP contribution is 2.29. The Bertz CT molecular complexity index is 949. The molecule has 3 aromatic rings. The van der Waals surface area contributed by atoms with Crippen LogP contribution < -0.4 is 15.4 Å². The van der Waals surface area contributed by atoms with Crippen molar-refractivity contribution < 1.29 is 9.53 Å². The van der Waals surface area contributed by atoms with Crippen molar-refractivity contribution in [3.05, 3.63) is 88.4 Å². The fourth-order valence-electron chi connectivity index (χ4n) is 2.78. The Morgan fingerprint density at radius 2 is 1.72 bits per heavy atom. The van der Waals surface area contributed by atoms with Crippen LogP contribution >= 0.6 is 23.2 Å². The van der Waals surface area contributed by atoms with Gasteiger partial charge < -0.3 is 15.4 Å². The highest BCUT2D eigenvalue weighted by atomic mass is 35.5. The van der Waals surface area contributed by atoms with E-state index in [-0.39, 0.29) is 12.5 Å². The molecule has 0 saturated heterocycles. The first-order valence-corrected chi connectivity index (χ1v) is 10.1. The van der Waals surface area contributed by atoms with Crippen molar-refractivity contribution in [1.29, 1.82) is 0 Å². The molecule has 0 heterocycles. The van der Waals surface area contributed by atoms with E-state index in [0.29, 0.717) is 22.3 Å². The summed E-state index contributed by atoms with van der Waals surface area (Å²) in [5.41, 5.74) is 2.59. The van der Waals surface area contributed by atoms with Gasteiger partial charge in [-0.05, 0) is 42.7 Å². The lowest BCUT2D eigenvalue weighted by molar-refractivity contribution is -0.114. The quantitative estimate of drug-likeness (QED) is 0.407. The van der Waals surface area contributed by atoms with E-state index < -0.39 is 0 Å². The van der Waals surface area contributed by atoms with Crippen LogP contribution in [0, 0.1) is 0 Å². The number of halogens is 2. The fourth-order valence-corrected chi connectivity index (χ4v) is 3.13. The number of amides is 1. The molecule has 0 bridgehead atoms. The van der Waals surface area contributed by atoms with Crippen LogP contribution in [0.2, 0.25) is 10.0 Å². The maximum Gasteiger partial charge on any atom is 0.243 e. The lowest BCUT2D eigenvalue weighted by Gasteiger charge is -2.11. The summed E-state index contributed by atoms with van der Waals surface area (Å²) in [6.07, 6.45) is 1.91. The molecule has 0 fully saturated rings. The summed E-state index contributed by atoms with van der Waals surface area (Å²) >= 11 is 12.1. The van der Waals surface area contributed by atoms with E-state index in [9.17, 15) is 4.79 Å². The predicted octanol–water partition coefficient (Wildman–Crippen LogP) is 6.06. The molecule has 0 radical (unpaired) electrons. The molecule has 150 valence electrons. The van der Waals surface area contributed by atoms with E-state index in [2.05, 4.69) is 22.8 Å². The van der Waals surface area contributed by atoms with Crippen LogP contribution in [0.3, 0.4) is 0 Å². The SMILES string of the molecule is O=C(CNc1cccc(OCCCc2ccccc2)c1)Nc1cccc(Cl)c1Cl. The van der Waals surface area contributed by atoms with Crippen LogP contribution in [0.25, 0.3) is 0 Å². The van der Waals surface area contributed by atoms with E-state index in [1.807, 2.05) is 42.5 Å². The Hall–Kier alpha value is -2.69. The van der Waals surface area contributed by atoms with E-state index >= 15 is 0 Å². The first-order valence-electron chi connectivity index (χ1n) is 9.36. The van der Waals surface area contributed by atoms with Crippen molar-refractivity contribution >= 4 is 40.5 Å². The van der Waals surface area contributed by atoms with Gasteiger partial charge >= 0.3 is 0 Å². The summed E-state index contributed by atoms with van der Waals surface area (Å²) in [7, 11) is 0. The summed E-state index contributed by atoms with van der Waals surface area (Å²) in [5, 5.41) is 6.56. The molecular formula is C23H22Cl2N2O2. The van der Waals surface area contributed by atoms with Gasteiger partial charge in [-0.1, -0.05) is 65.7 Å². The standard InChI is InChI=1S/C23H22Cl2N2O2/c24-20-12-5-13-21(23(20)25)27-22(28)16-26-18-10-4-11-19(15-18)29-14-6-9-17-7-2-1-3-8-17/h1-5,7-8,10-13,15,26H,6,9,14,16H2,(H,27,28). The van der Waals surface area contributed by atoms with E-state index in [0.717, 1.165) is 24.3 Å². The summed E-state index contributed by atoms with van der Waals surface area (Å²) in [5.74, 6) is 0.546. The molecule has 0 aliphatic rings. The highest BCUT2D eigenvalue weighted by Gasteiger charge is 2.08. The van der Waals surface area contributed by atoms with Gasteiger partial charge in [0.1, 0.15) is 5.75 Å². The number of nitrogens with one attached hydrogen (secondary N) is 2. The van der Waals surface area contributed by atoms with Gasteiger partial charge in [-0.25, -0.2) is 0 Å². The molecule has 3 aromatic carbocycles. The van der Waals surface area contributed by atoms with Crippen molar-refractivity contribution in [2.45, 2.75) is 12.8 Å². The molecule has 3 rings (SSSR count). The summed E-state index contributed by atoms with van der Waals surface area (Å²) in [4.78, 5) is 12.2. The second-order valence-corrected chi connectivity index (χ2v) is 7.25. The zero-order valence-electron chi connectivity index (χ0n) is 15.8. The number of carbonyl (C=O) groups is 1. The van der Waals surface area contributed by atoms with Crippen LogP contribution in [0.4, 0.5) is 11.4 Å². The topological polar surface area (TPSA) is 50.4 Å². The number of carbonyl (C=O) groups excluding carboxylic acids is 1. The number of hydrogen-bond acceptors (Lipinski definition) is 3. The Morgan fingerprint density at radius 1 is 0.931 bits per heavy atom. The monoisotopic (exact) mass is 428 g/mol. The summed E-state index contributed by atoms with van der Waals surface area (Å²) in [6, 6.07) is 23.0. The Labute approximate surface area is 180 Å². The predicted molar refractivity (Wildman–Crippen MR) is 120 cm³/mol. The van der Waals surface area contributed by atoms with Gasteiger partial charge in [-0.2, -0.15) is 0 Å². The second-order valence-electron chi connectivity index (χ2n) is 6.47. The molecule has 1 amide bonds. The first kappa shape index (κ1) is 21.0. The molecule has 0 atom stereocenters. The van der Waals surface area contributed by atoms with Crippen molar-refractivity contribution in [1.82, 2.24) is 0 Å². The van der Waals surface area contributed by atoms with E-state index in [1.54, 1.807) is 18.2 Å². The van der Waals surface area contributed by atoms with Gasteiger partial charge in [-0.3, -0.25) is 4.79 Å². The lowest BCUT2D eigenvalue weighted by Crippen LogP contribution is -2.21. The first-order chi connectivity index (χ1) is 14.1. The Balaban J connectivity index is 1.44. The Morgan fingerprint density at radius 3 is 2.55 bits per heavy atom. The molecule has 0 saturated carbocycles. The molecular weight excluding hydrogens is 407 g/mol. The van der Waals surface area contributed by atoms with E-state index in [1.165, 1.54) is 5.56 Å². The zero-order valence-corrected chi connectivity index (χ0v) is 17.3. The van der Waals surface area contributed by atoms with Gasteiger partial charge in [0.25, 0.3) is 0 Å². The minimum atomic E-state index is -0.219. The van der Waals surface area contributed by atoms with Gasteiger partial charge in [0.15, 0.2) is 0 Å². The van der Waals surface area contributed by atoms with Gasteiger partial charge in [0, 0.05) is 11.8 Å². The van der Waals surface area contributed by atoms with Crippen LogP contribution in [0.15, 0.2) is 72.8 Å². The second kappa shape index (κ2) is 10.7. The van der Waals surface area contributed by atoms with Crippen LogP contribution in [0.1, 0.15) is 12.0 Å². The lowest BCUT2D eigenvalue weighted by atomic mass is 10.1. The number of hydrogen-bond donors (Lipinski definition) is 2. The molecule has 6 heteroatoms. The van der Waals surface area contributed by atoms with Crippen LogP contribution in [0.5, 0.6) is 5.75 Å². The number of aryl methyl sites for hydroxylation is 1. The number of rotatable bonds is 9. The average Bonchev–Trinajstić information content (AvgIpc) is 2.74. The minimum absolute atomic E-state index is 0.0975. The third-order valence-electron chi connectivity index (χ3n) is 4.23. The normalized spacial score (nSPS) is 10.4. The number of benzene rings is 3. The maximum atomic E-state index is 12.2. The number of ether oxygens (including phenoxy) is 1. The van der Waals surface area contributed by atoms with Crippen LogP contribution in [-0.2, 0) is 11.2 Å². The molecule has 2 N–H and O–H groups in total. The van der Waals surface area contributed by atoms with Crippen molar-refractivity contribution in [3.8, 4) is 5.75 Å². The summed E-state index contributed by atoms with van der Waals surface area (Å²) < 4.78 is 5.83. The average molecular weight is 429 g/mol. The molecule has 0 aliphatic carbocycles. The van der Waals surface area contributed by atoms with Crippen LogP contribution in [-0.4, -0.2) is 19.1 Å². The largest absolute Gasteiger partial charge is 0.494 e. The Kier molecular flexibility index (Phi) is 7.79. The van der Waals surface area contributed by atoms with Gasteiger partial charge in [-0.15, -0.1) is 0 Å². The third kappa shape index (κ3) is 6.70. The molecule has 0 unspecified atom stereocenters. The molecule has 0 spiro atoms. The van der Waals surface area contributed by atoms with Gasteiger partial charge in [0.2, 0.25) is 5.91 Å². The highest BCUT2D eigenvalue weighted by molar-refractivity contribution is 6.44. The molecule has 29 heavy (non-hydrogen) atoms. The molecule has 4 nitrogen and oxygen atoms in total. The van der Waals surface area contributed by atoms with Crippen molar-refractivity contribution in [2.24, 2.45) is 0 Å². The molecule has 0 aromatic heterocycles. The number of anilines is 2. The zero-order chi connectivity index (χ0) is 20.5. The van der Waals surface area contributed by atoms with Crippen molar-refractivity contribution in [2.75, 3.05) is 23.8 Å². The smallest absolute Gasteiger partial charge is 0.243 e.